The van der Waals surface area contributed by atoms with E-state index in [1.54, 1.807) is 12.1 Å². The first-order valence-corrected chi connectivity index (χ1v) is 6.39. The monoisotopic (exact) mass is 278 g/mol. The third kappa shape index (κ3) is 3.75. The van der Waals surface area contributed by atoms with Crippen LogP contribution in [0.1, 0.15) is 5.56 Å². The number of sulfonamides is 1. The lowest BCUT2D eigenvalue weighted by atomic mass is 10.2. The van der Waals surface area contributed by atoms with Crippen molar-refractivity contribution in [1.82, 2.24) is 10.3 Å². The van der Waals surface area contributed by atoms with Crippen molar-refractivity contribution >= 4 is 26.0 Å². The van der Waals surface area contributed by atoms with Crippen molar-refractivity contribution in [3.8, 4) is 0 Å². The van der Waals surface area contributed by atoms with Crippen molar-refractivity contribution in [1.29, 1.82) is 0 Å². The van der Waals surface area contributed by atoms with Crippen molar-refractivity contribution in [2.75, 3.05) is 7.05 Å². The minimum Gasteiger partial charge on any atom is -0.247 e. The summed E-state index contributed by atoms with van der Waals surface area (Å²) in [6.45, 7) is 0. The lowest BCUT2D eigenvalue weighted by molar-refractivity contribution is 0.569. The van der Waals surface area contributed by atoms with E-state index in [0.29, 0.717) is 0 Å². The van der Waals surface area contributed by atoms with Crippen LogP contribution in [0, 0.1) is 0 Å². The van der Waals surface area contributed by atoms with Crippen LogP contribution < -0.4 is 10.3 Å². The van der Waals surface area contributed by atoms with E-state index in [-0.39, 0.29) is 5.75 Å². The molecular formula is C8H11BrN2O2S. The van der Waals surface area contributed by atoms with Crippen molar-refractivity contribution in [2.24, 2.45) is 0 Å². The molecule has 0 heterocycles. The second kappa shape index (κ2) is 4.88. The summed E-state index contributed by atoms with van der Waals surface area (Å²) in [6, 6.07) is 7.15. The van der Waals surface area contributed by atoms with Gasteiger partial charge in [0.15, 0.2) is 0 Å². The third-order valence-electron chi connectivity index (χ3n) is 1.53. The van der Waals surface area contributed by atoms with Gasteiger partial charge < -0.3 is 0 Å². The van der Waals surface area contributed by atoms with E-state index in [9.17, 15) is 8.42 Å². The van der Waals surface area contributed by atoms with E-state index in [1.807, 2.05) is 12.1 Å². The Bertz CT molecular complexity index is 388. The highest BCUT2D eigenvalue weighted by Crippen LogP contribution is 2.11. The maximum atomic E-state index is 11.3. The van der Waals surface area contributed by atoms with Crippen molar-refractivity contribution in [2.45, 2.75) is 5.75 Å². The fourth-order valence-corrected chi connectivity index (χ4v) is 2.27. The smallest absolute Gasteiger partial charge is 0.228 e. The van der Waals surface area contributed by atoms with Crippen molar-refractivity contribution < 1.29 is 8.42 Å². The van der Waals surface area contributed by atoms with Gasteiger partial charge in [-0.2, -0.15) is 4.83 Å². The standard InChI is InChI=1S/C8H11BrN2O2S/c1-10-11-14(12,13)6-7-2-4-8(9)5-3-7/h2-5,10-11H,6H2,1H3. The fraction of sp³-hybridized carbons (Fsp3) is 0.250. The van der Waals surface area contributed by atoms with Gasteiger partial charge in [0.1, 0.15) is 0 Å². The first-order chi connectivity index (χ1) is 6.53. The largest absolute Gasteiger partial charge is 0.247 e. The van der Waals surface area contributed by atoms with Gasteiger partial charge in [-0.25, -0.2) is 13.8 Å². The highest BCUT2D eigenvalue weighted by atomic mass is 79.9. The zero-order chi connectivity index (χ0) is 10.6. The number of halogens is 1. The Kier molecular flexibility index (Phi) is 4.06. The predicted molar refractivity (Wildman–Crippen MR) is 59.0 cm³/mol. The number of hydrogen-bond acceptors (Lipinski definition) is 3. The van der Waals surface area contributed by atoms with Crippen LogP contribution >= 0.6 is 15.9 Å². The second-order valence-electron chi connectivity index (χ2n) is 2.74. The molecule has 1 aromatic rings. The molecule has 0 saturated carbocycles. The van der Waals surface area contributed by atoms with E-state index in [2.05, 4.69) is 26.2 Å². The fourth-order valence-electron chi connectivity index (χ4n) is 0.992. The summed E-state index contributed by atoms with van der Waals surface area (Å²) in [5.74, 6) is -0.0267. The van der Waals surface area contributed by atoms with Gasteiger partial charge in [0.2, 0.25) is 10.0 Å². The molecule has 0 aromatic heterocycles. The maximum Gasteiger partial charge on any atom is 0.228 e. The summed E-state index contributed by atoms with van der Waals surface area (Å²) in [5, 5.41) is 0. The van der Waals surface area contributed by atoms with Crippen LogP contribution in [0.3, 0.4) is 0 Å². The molecule has 1 aromatic carbocycles. The number of rotatable bonds is 4. The summed E-state index contributed by atoms with van der Waals surface area (Å²) in [5.41, 5.74) is 3.14. The van der Waals surface area contributed by atoms with Crippen LogP contribution in [0.4, 0.5) is 0 Å². The molecule has 0 aliphatic carbocycles. The molecule has 78 valence electrons. The Morgan fingerprint density at radius 3 is 2.36 bits per heavy atom. The lowest BCUT2D eigenvalue weighted by Gasteiger charge is -2.04. The summed E-state index contributed by atoms with van der Waals surface area (Å²) < 4.78 is 23.5. The highest BCUT2D eigenvalue weighted by molar-refractivity contribution is 9.10. The molecule has 0 fully saturated rings. The second-order valence-corrected chi connectivity index (χ2v) is 5.38. The molecule has 0 unspecified atom stereocenters. The summed E-state index contributed by atoms with van der Waals surface area (Å²) in [4.78, 5) is 2.20. The molecule has 2 N–H and O–H groups in total. The molecule has 1 rings (SSSR count). The quantitative estimate of drug-likeness (QED) is 0.808. The Hall–Kier alpha value is -0.430. The molecule has 0 bridgehead atoms. The Labute approximate surface area is 91.9 Å². The topological polar surface area (TPSA) is 58.2 Å². The molecule has 6 heteroatoms. The van der Waals surface area contributed by atoms with Crippen molar-refractivity contribution in [3.63, 3.8) is 0 Å². The van der Waals surface area contributed by atoms with Crippen LogP contribution in [-0.4, -0.2) is 15.5 Å². The van der Waals surface area contributed by atoms with E-state index < -0.39 is 10.0 Å². The normalized spacial score (nSPS) is 11.6. The minimum atomic E-state index is -3.27. The molecule has 0 spiro atoms. The van der Waals surface area contributed by atoms with Gasteiger partial charge in [-0.1, -0.05) is 28.1 Å². The minimum absolute atomic E-state index is 0.0267. The average Bonchev–Trinajstić information content (AvgIpc) is 2.08. The molecule has 0 amide bonds. The summed E-state index contributed by atoms with van der Waals surface area (Å²) >= 11 is 3.28. The predicted octanol–water partition coefficient (Wildman–Crippen LogP) is 1.00. The van der Waals surface area contributed by atoms with Gasteiger partial charge >= 0.3 is 0 Å². The lowest BCUT2D eigenvalue weighted by Crippen LogP contribution is -2.35. The number of benzene rings is 1. The first kappa shape index (κ1) is 11.6. The molecule has 4 nitrogen and oxygen atoms in total. The zero-order valence-corrected chi connectivity index (χ0v) is 10.0. The van der Waals surface area contributed by atoms with Gasteiger partial charge in [0.05, 0.1) is 5.75 Å². The summed E-state index contributed by atoms with van der Waals surface area (Å²) in [6.07, 6.45) is 0. The van der Waals surface area contributed by atoms with Crippen LogP contribution in [0.2, 0.25) is 0 Å². The van der Waals surface area contributed by atoms with Gasteiger partial charge in [-0.3, -0.25) is 0 Å². The van der Waals surface area contributed by atoms with E-state index >= 15 is 0 Å². The Morgan fingerprint density at radius 2 is 1.86 bits per heavy atom. The molecule has 0 aliphatic rings. The molecule has 0 aliphatic heterocycles. The van der Waals surface area contributed by atoms with Crippen LogP contribution in [0.5, 0.6) is 0 Å². The average molecular weight is 279 g/mol. The van der Waals surface area contributed by atoms with E-state index in [1.165, 1.54) is 7.05 Å². The maximum absolute atomic E-state index is 11.3. The molecular weight excluding hydrogens is 268 g/mol. The van der Waals surface area contributed by atoms with Gasteiger partial charge in [-0.05, 0) is 24.7 Å². The number of hydrazine groups is 1. The van der Waals surface area contributed by atoms with Crippen molar-refractivity contribution in [3.05, 3.63) is 34.3 Å². The molecule has 14 heavy (non-hydrogen) atoms. The van der Waals surface area contributed by atoms with Crippen LogP contribution in [-0.2, 0) is 15.8 Å². The van der Waals surface area contributed by atoms with E-state index in [0.717, 1.165) is 10.0 Å². The number of hydrogen-bond donors (Lipinski definition) is 2. The molecule has 0 radical (unpaired) electrons. The van der Waals surface area contributed by atoms with Gasteiger partial charge in [-0.15, -0.1) is 0 Å². The first-order valence-electron chi connectivity index (χ1n) is 3.94. The number of nitrogens with one attached hydrogen (secondary N) is 2. The Balaban J connectivity index is 2.74. The SMILES string of the molecule is CNNS(=O)(=O)Cc1ccc(Br)cc1. The summed E-state index contributed by atoms with van der Waals surface area (Å²) in [7, 11) is -1.76. The molecule has 0 atom stereocenters. The van der Waals surface area contributed by atoms with Crippen LogP contribution in [0.25, 0.3) is 0 Å². The van der Waals surface area contributed by atoms with Gasteiger partial charge in [0, 0.05) is 4.47 Å². The van der Waals surface area contributed by atoms with E-state index in [4.69, 9.17) is 0 Å². The van der Waals surface area contributed by atoms with Gasteiger partial charge in [0.25, 0.3) is 0 Å². The van der Waals surface area contributed by atoms with Crippen LogP contribution in [0.15, 0.2) is 28.7 Å². The zero-order valence-electron chi connectivity index (χ0n) is 7.62. The molecule has 0 saturated heterocycles. The Morgan fingerprint density at radius 1 is 1.29 bits per heavy atom. The third-order valence-corrected chi connectivity index (χ3v) is 3.28. The highest BCUT2D eigenvalue weighted by Gasteiger charge is 2.09.